The molecule has 2 atom stereocenters. The lowest BCUT2D eigenvalue weighted by atomic mass is 10.1. The fraction of sp³-hybridized carbons (Fsp3) is 0.312. The van der Waals surface area contributed by atoms with Gasteiger partial charge in [0.2, 0.25) is 0 Å². The predicted molar refractivity (Wildman–Crippen MR) is 84.5 cm³/mol. The standard InChI is InChI=1S/C16H18N2O2S/c1-11(12-8-16-13(17-9-12)5-7-21-16)18-14(10-19-2)15-4-3-6-20-15/h3-9,11,14,18H,10H2,1-2H3/t11-,14-/m1/s1. The van der Waals surface area contributed by atoms with E-state index in [1.54, 1.807) is 24.7 Å². The fourth-order valence-corrected chi connectivity index (χ4v) is 3.15. The average Bonchev–Trinajstić information content (AvgIpc) is 3.17. The van der Waals surface area contributed by atoms with Crippen molar-refractivity contribution in [3.8, 4) is 0 Å². The molecule has 4 nitrogen and oxygen atoms in total. The summed E-state index contributed by atoms with van der Waals surface area (Å²) < 4.78 is 12.0. The van der Waals surface area contributed by atoms with E-state index in [0.717, 1.165) is 16.8 Å². The molecule has 0 unspecified atom stereocenters. The molecule has 0 bridgehead atoms. The molecule has 1 N–H and O–H groups in total. The van der Waals surface area contributed by atoms with Gasteiger partial charge in [-0.15, -0.1) is 11.3 Å². The smallest absolute Gasteiger partial charge is 0.123 e. The first-order valence-corrected chi connectivity index (χ1v) is 7.77. The van der Waals surface area contributed by atoms with Crippen molar-refractivity contribution >= 4 is 21.6 Å². The first-order chi connectivity index (χ1) is 10.3. The maximum Gasteiger partial charge on any atom is 0.123 e. The molecule has 0 aromatic carbocycles. The van der Waals surface area contributed by atoms with Crippen LogP contribution in [0.1, 0.15) is 30.3 Å². The Morgan fingerprint density at radius 3 is 3.10 bits per heavy atom. The summed E-state index contributed by atoms with van der Waals surface area (Å²) in [5.41, 5.74) is 2.22. The van der Waals surface area contributed by atoms with Crippen LogP contribution in [0.25, 0.3) is 10.2 Å². The summed E-state index contributed by atoms with van der Waals surface area (Å²) in [6.45, 7) is 2.69. The molecule has 3 aromatic rings. The Kier molecular flexibility index (Phi) is 4.34. The van der Waals surface area contributed by atoms with E-state index in [0.29, 0.717) is 6.61 Å². The van der Waals surface area contributed by atoms with Gasteiger partial charge >= 0.3 is 0 Å². The monoisotopic (exact) mass is 302 g/mol. The molecule has 0 saturated carbocycles. The van der Waals surface area contributed by atoms with Crippen LogP contribution >= 0.6 is 11.3 Å². The lowest BCUT2D eigenvalue weighted by Gasteiger charge is -2.21. The molecule has 0 saturated heterocycles. The molecular formula is C16H18N2O2S. The second kappa shape index (κ2) is 6.39. The van der Waals surface area contributed by atoms with Crippen molar-refractivity contribution in [2.75, 3.05) is 13.7 Å². The topological polar surface area (TPSA) is 47.3 Å². The number of aromatic nitrogens is 1. The molecule has 0 aliphatic rings. The predicted octanol–water partition coefficient (Wildman–Crippen LogP) is 3.93. The van der Waals surface area contributed by atoms with Gasteiger partial charge in [0.15, 0.2) is 0 Å². The highest BCUT2D eigenvalue weighted by Gasteiger charge is 2.18. The van der Waals surface area contributed by atoms with Gasteiger partial charge in [-0.3, -0.25) is 10.3 Å². The molecule has 110 valence electrons. The van der Waals surface area contributed by atoms with Crippen molar-refractivity contribution in [3.63, 3.8) is 0 Å². The van der Waals surface area contributed by atoms with Crippen LogP contribution in [0.5, 0.6) is 0 Å². The van der Waals surface area contributed by atoms with Gasteiger partial charge in [-0.2, -0.15) is 0 Å². The van der Waals surface area contributed by atoms with Crippen LogP contribution in [0.2, 0.25) is 0 Å². The SMILES string of the molecule is COC[C@@H](N[C@H](C)c1cnc2ccsc2c1)c1ccco1. The minimum atomic E-state index is 0.0269. The van der Waals surface area contributed by atoms with Crippen LogP contribution in [0.3, 0.4) is 0 Å². The average molecular weight is 302 g/mol. The second-order valence-electron chi connectivity index (χ2n) is 4.98. The van der Waals surface area contributed by atoms with Crippen LogP contribution in [-0.2, 0) is 4.74 Å². The van der Waals surface area contributed by atoms with Gasteiger partial charge in [0.25, 0.3) is 0 Å². The number of nitrogens with one attached hydrogen (secondary N) is 1. The van der Waals surface area contributed by atoms with Crippen LogP contribution in [0.15, 0.2) is 46.5 Å². The van der Waals surface area contributed by atoms with E-state index in [1.807, 2.05) is 24.4 Å². The van der Waals surface area contributed by atoms with E-state index in [2.05, 4.69) is 28.7 Å². The van der Waals surface area contributed by atoms with E-state index in [4.69, 9.17) is 9.15 Å². The van der Waals surface area contributed by atoms with Crippen molar-refractivity contribution in [2.45, 2.75) is 19.0 Å². The van der Waals surface area contributed by atoms with Crippen LogP contribution in [-0.4, -0.2) is 18.7 Å². The van der Waals surface area contributed by atoms with Gasteiger partial charge in [0.05, 0.1) is 29.1 Å². The van der Waals surface area contributed by atoms with Crippen molar-refractivity contribution < 1.29 is 9.15 Å². The zero-order chi connectivity index (χ0) is 14.7. The Hall–Kier alpha value is -1.69. The van der Waals surface area contributed by atoms with Gasteiger partial charge in [-0.1, -0.05) is 0 Å². The Morgan fingerprint density at radius 1 is 1.43 bits per heavy atom. The first-order valence-electron chi connectivity index (χ1n) is 6.89. The number of fused-ring (bicyclic) bond motifs is 1. The Balaban J connectivity index is 1.78. The Labute approximate surface area is 127 Å². The molecule has 5 heteroatoms. The molecule has 0 spiro atoms. The van der Waals surface area contributed by atoms with Gasteiger partial charge in [0.1, 0.15) is 5.76 Å². The number of methoxy groups -OCH3 is 1. The zero-order valence-corrected chi connectivity index (χ0v) is 12.9. The molecule has 3 heterocycles. The van der Waals surface area contributed by atoms with E-state index < -0.39 is 0 Å². The van der Waals surface area contributed by atoms with Crippen LogP contribution < -0.4 is 5.32 Å². The third-order valence-corrected chi connectivity index (χ3v) is 4.35. The van der Waals surface area contributed by atoms with Crippen LogP contribution in [0, 0.1) is 0 Å². The highest BCUT2D eigenvalue weighted by Crippen LogP contribution is 2.25. The third-order valence-electron chi connectivity index (χ3n) is 3.49. The van der Waals surface area contributed by atoms with E-state index >= 15 is 0 Å². The van der Waals surface area contributed by atoms with E-state index in [-0.39, 0.29) is 12.1 Å². The summed E-state index contributed by atoms with van der Waals surface area (Å²) in [6.07, 6.45) is 3.61. The van der Waals surface area contributed by atoms with Gasteiger partial charge in [0, 0.05) is 19.3 Å². The first kappa shape index (κ1) is 14.3. The van der Waals surface area contributed by atoms with Crippen molar-refractivity contribution in [2.24, 2.45) is 0 Å². The van der Waals surface area contributed by atoms with Gasteiger partial charge < -0.3 is 9.15 Å². The zero-order valence-electron chi connectivity index (χ0n) is 12.1. The van der Waals surface area contributed by atoms with Crippen molar-refractivity contribution in [1.29, 1.82) is 0 Å². The number of pyridine rings is 1. The highest BCUT2D eigenvalue weighted by atomic mass is 32.1. The normalized spacial score (nSPS) is 14.4. The molecule has 0 aliphatic carbocycles. The summed E-state index contributed by atoms with van der Waals surface area (Å²) in [5, 5.41) is 5.60. The summed E-state index contributed by atoms with van der Waals surface area (Å²) in [7, 11) is 1.70. The molecule has 3 rings (SSSR count). The van der Waals surface area contributed by atoms with E-state index in [1.165, 1.54) is 4.70 Å². The molecule has 0 amide bonds. The summed E-state index contributed by atoms with van der Waals surface area (Å²) in [6, 6.07) is 8.27. The van der Waals surface area contributed by atoms with Crippen molar-refractivity contribution in [1.82, 2.24) is 10.3 Å². The number of rotatable bonds is 6. The summed E-state index contributed by atoms with van der Waals surface area (Å²) in [4.78, 5) is 4.49. The number of nitrogens with zero attached hydrogens (tertiary/aromatic N) is 1. The van der Waals surface area contributed by atoms with E-state index in [9.17, 15) is 0 Å². The molecule has 21 heavy (non-hydrogen) atoms. The summed E-state index contributed by atoms with van der Waals surface area (Å²) in [5.74, 6) is 0.883. The summed E-state index contributed by atoms with van der Waals surface area (Å²) >= 11 is 1.71. The number of ether oxygens (including phenoxy) is 1. The lowest BCUT2D eigenvalue weighted by molar-refractivity contribution is 0.152. The largest absolute Gasteiger partial charge is 0.468 e. The second-order valence-corrected chi connectivity index (χ2v) is 5.93. The Bertz CT molecular complexity index is 693. The minimum Gasteiger partial charge on any atom is -0.468 e. The highest BCUT2D eigenvalue weighted by molar-refractivity contribution is 7.17. The number of furan rings is 1. The van der Waals surface area contributed by atoms with Gasteiger partial charge in [-0.05, 0) is 42.1 Å². The van der Waals surface area contributed by atoms with Crippen LogP contribution in [0.4, 0.5) is 0 Å². The number of hydrogen-bond donors (Lipinski definition) is 1. The lowest BCUT2D eigenvalue weighted by Crippen LogP contribution is -2.27. The van der Waals surface area contributed by atoms with Gasteiger partial charge in [-0.25, -0.2) is 0 Å². The molecule has 0 radical (unpaired) electrons. The Morgan fingerprint density at radius 2 is 2.33 bits per heavy atom. The molecule has 0 aliphatic heterocycles. The molecular weight excluding hydrogens is 284 g/mol. The van der Waals surface area contributed by atoms with Crippen molar-refractivity contribution in [3.05, 3.63) is 53.4 Å². The molecule has 3 aromatic heterocycles. The quantitative estimate of drug-likeness (QED) is 0.749. The fourth-order valence-electron chi connectivity index (χ4n) is 2.37. The molecule has 0 fully saturated rings. The number of thiophene rings is 1. The maximum atomic E-state index is 5.49. The third kappa shape index (κ3) is 3.15. The minimum absolute atomic E-state index is 0.0269. The maximum absolute atomic E-state index is 5.49. The number of hydrogen-bond acceptors (Lipinski definition) is 5.